The third-order valence-corrected chi connectivity index (χ3v) is 8.81. The standard InChI is InChI=1S/C25H27NO6S2/c1-15(2)21(16-8-6-9-17(14-16)26-34(30,31)20-12-7-13-33-20)23-24(28)22-18(27)10-4-3-5-11-19(22)32-25(23)29/h6-9,12-15,21,26,28H,3-5,10-11H2,1-2H3. The molecule has 1 aliphatic rings. The Bertz CT molecular complexity index is 1360. The molecule has 34 heavy (non-hydrogen) atoms. The fraction of sp³-hybridized carbons (Fsp3) is 0.360. The first kappa shape index (κ1) is 24.2. The van der Waals surface area contributed by atoms with Crippen molar-refractivity contribution >= 4 is 32.8 Å². The van der Waals surface area contributed by atoms with Crippen LogP contribution in [0.15, 0.2) is 55.2 Å². The molecule has 2 aromatic heterocycles. The fourth-order valence-corrected chi connectivity index (χ4v) is 6.54. The number of rotatable bonds is 6. The van der Waals surface area contributed by atoms with Crippen molar-refractivity contribution in [2.24, 2.45) is 5.92 Å². The number of thiophene rings is 1. The van der Waals surface area contributed by atoms with Crippen LogP contribution in [0.1, 0.15) is 72.7 Å². The van der Waals surface area contributed by atoms with E-state index >= 15 is 0 Å². The molecule has 0 fully saturated rings. The first-order chi connectivity index (χ1) is 16.2. The summed E-state index contributed by atoms with van der Waals surface area (Å²) in [6.45, 7) is 3.79. The molecule has 0 radical (unpaired) electrons. The lowest BCUT2D eigenvalue weighted by Crippen LogP contribution is -2.22. The lowest BCUT2D eigenvalue weighted by atomic mass is 9.81. The van der Waals surface area contributed by atoms with E-state index in [1.54, 1.807) is 35.7 Å². The molecular formula is C25H27NO6S2. The van der Waals surface area contributed by atoms with Gasteiger partial charge in [0.05, 0.1) is 11.1 Å². The van der Waals surface area contributed by atoms with Gasteiger partial charge in [-0.05, 0) is 47.9 Å². The Morgan fingerprint density at radius 1 is 1.06 bits per heavy atom. The van der Waals surface area contributed by atoms with Gasteiger partial charge >= 0.3 is 5.63 Å². The van der Waals surface area contributed by atoms with Crippen molar-refractivity contribution in [1.29, 1.82) is 0 Å². The van der Waals surface area contributed by atoms with E-state index in [-0.39, 0.29) is 38.5 Å². The molecule has 0 amide bonds. The van der Waals surface area contributed by atoms with Crippen molar-refractivity contribution in [3.8, 4) is 5.75 Å². The van der Waals surface area contributed by atoms with Crippen LogP contribution in [0.4, 0.5) is 5.69 Å². The maximum atomic E-state index is 13.1. The zero-order valence-corrected chi connectivity index (χ0v) is 20.7. The largest absolute Gasteiger partial charge is 0.506 e. The number of ketones is 1. The van der Waals surface area contributed by atoms with Gasteiger partial charge in [0.25, 0.3) is 10.0 Å². The van der Waals surface area contributed by atoms with Gasteiger partial charge < -0.3 is 9.52 Å². The lowest BCUT2D eigenvalue weighted by molar-refractivity contribution is 0.0968. The molecule has 180 valence electrons. The van der Waals surface area contributed by atoms with Gasteiger partial charge in [-0.15, -0.1) is 11.3 Å². The van der Waals surface area contributed by atoms with Gasteiger partial charge in [0, 0.05) is 24.4 Å². The monoisotopic (exact) mass is 501 g/mol. The maximum absolute atomic E-state index is 13.1. The zero-order valence-electron chi connectivity index (χ0n) is 19.0. The first-order valence-electron chi connectivity index (χ1n) is 11.3. The maximum Gasteiger partial charge on any atom is 0.343 e. The van der Waals surface area contributed by atoms with Crippen molar-refractivity contribution in [2.75, 3.05) is 4.72 Å². The quantitative estimate of drug-likeness (QED) is 0.474. The molecule has 2 heterocycles. The molecule has 0 saturated heterocycles. The number of anilines is 1. The molecule has 0 bridgehead atoms. The third kappa shape index (κ3) is 4.81. The van der Waals surface area contributed by atoms with Gasteiger partial charge in [0.2, 0.25) is 0 Å². The molecule has 0 saturated carbocycles. The van der Waals surface area contributed by atoms with Crippen molar-refractivity contribution in [1.82, 2.24) is 0 Å². The van der Waals surface area contributed by atoms with E-state index in [0.717, 1.165) is 30.6 Å². The van der Waals surface area contributed by atoms with Gasteiger partial charge in [-0.2, -0.15) is 0 Å². The number of nitrogens with one attached hydrogen (secondary N) is 1. The highest BCUT2D eigenvalue weighted by Gasteiger charge is 2.32. The van der Waals surface area contributed by atoms with Gasteiger partial charge in [-0.3, -0.25) is 9.52 Å². The second-order valence-corrected chi connectivity index (χ2v) is 11.7. The van der Waals surface area contributed by atoms with Crippen LogP contribution < -0.4 is 10.3 Å². The molecule has 1 atom stereocenters. The topological polar surface area (TPSA) is 114 Å². The Hall–Kier alpha value is -2.91. The number of benzene rings is 1. The number of hydrogen-bond donors (Lipinski definition) is 2. The van der Waals surface area contributed by atoms with E-state index < -0.39 is 21.6 Å². The van der Waals surface area contributed by atoms with Crippen molar-refractivity contribution in [3.63, 3.8) is 0 Å². The van der Waals surface area contributed by atoms with Gasteiger partial charge in [-0.1, -0.05) is 38.5 Å². The molecule has 0 spiro atoms. The van der Waals surface area contributed by atoms with Gasteiger partial charge in [0.1, 0.15) is 15.7 Å². The average molecular weight is 502 g/mol. The summed E-state index contributed by atoms with van der Waals surface area (Å²) in [4.78, 5) is 25.9. The van der Waals surface area contributed by atoms with Crippen LogP contribution in [-0.2, 0) is 16.4 Å². The number of sulfonamides is 1. The van der Waals surface area contributed by atoms with Crippen LogP contribution in [0.2, 0.25) is 0 Å². The molecule has 2 N–H and O–H groups in total. The number of Topliss-reactive ketones (excluding diaryl/α,β-unsaturated/α-hetero) is 1. The first-order valence-corrected chi connectivity index (χ1v) is 13.6. The molecule has 1 unspecified atom stereocenters. The molecule has 7 nitrogen and oxygen atoms in total. The molecule has 0 aliphatic heterocycles. The number of carbonyl (C=O) groups excluding carboxylic acids is 1. The summed E-state index contributed by atoms with van der Waals surface area (Å²) in [5, 5.41) is 12.9. The minimum atomic E-state index is -3.75. The smallest absolute Gasteiger partial charge is 0.343 e. The van der Waals surface area contributed by atoms with Gasteiger partial charge in [0.15, 0.2) is 5.78 Å². The zero-order chi connectivity index (χ0) is 24.5. The molecule has 3 aromatic rings. The Morgan fingerprint density at radius 3 is 2.53 bits per heavy atom. The number of carbonyl (C=O) groups is 1. The highest BCUT2D eigenvalue weighted by atomic mass is 32.2. The summed E-state index contributed by atoms with van der Waals surface area (Å²) in [5.74, 6) is -1.06. The minimum Gasteiger partial charge on any atom is -0.506 e. The van der Waals surface area contributed by atoms with Crippen LogP contribution in [0.25, 0.3) is 0 Å². The Kier molecular flexibility index (Phi) is 6.95. The average Bonchev–Trinajstić information content (AvgIpc) is 3.30. The van der Waals surface area contributed by atoms with Crippen molar-refractivity contribution in [2.45, 2.75) is 56.1 Å². The SMILES string of the molecule is CC(C)C(c1cccc(NS(=O)(=O)c2cccs2)c1)c1c(O)c2c(oc1=O)CCCCCC2=O. The second kappa shape index (κ2) is 9.76. The van der Waals surface area contributed by atoms with E-state index in [4.69, 9.17) is 4.42 Å². The number of hydrogen-bond acceptors (Lipinski definition) is 7. The number of aryl methyl sites for hydroxylation is 1. The Labute approximate surface area is 202 Å². The summed E-state index contributed by atoms with van der Waals surface area (Å²) in [5.41, 5.74) is 0.424. The molecule has 1 aliphatic carbocycles. The van der Waals surface area contributed by atoms with Crippen molar-refractivity contribution in [3.05, 3.63) is 74.6 Å². The Balaban J connectivity index is 1.79. The van der Waals surface area contributed by atoms with Crippen LogP contribution in [0.5, 0.6) is 5.75 Å². The summed E-state index contributed by atoms with van der Waals surface area (Å²) in [6.07, 6.45) is 3.09. The second-order valence-electron chi connectivity index (χ2n) is 8.82. The summed E-state index contributed by atoms with van der Waals surface area (Å²) >= 11 is 1.11. The summed E-state index contributed by atoms with van der Waals surface area (Å²) in [6, 6.07) is 9.91. The highest BCUT2D eigenvalue weighted by Crippen LogP contribution is 2.39. The van der Waals surface area contributed by atoms with Crippen LogP contribution >= 0.6 is 11.3 Å². The van der Waals surface area contributed by atoms with E-state index in [2.05, 4.69) is 4.72 Å². The van der Waals surface area contributed by atoms with E-state index in [0.29, 0.717) is 24.1 Å². The third-order valence-electron chi connectivity index (χ3n) is 6.03. The molecule has 9 heteroatoms. The lowest BCUT2D eigenvalue weighted by Gasteiger charge is -2.24. The van der Waals surface area contributed by atoms with E-state index in [9.17, 15) is 23.1 Å². The van der Waals surface area contributed by atoms with Gasteiger partial charge in [-0.25, -0.2) is 13.2 Å². The molecule has 4 rings (SSSR count). The van der Waals surface area contributed by atoms with Crippen LogP contribution in [0, 0.1) is 5.92 Å². The minimum absolute atomic E-state index is 0.0286. The van der Waals surface area contributed by atoms with E-state index in [1.165, 1.54) is 6.07 Å². The normalized spacial score (nSPS) is 15.4. The molecule has 1 aromatic carbocycles. The fourth-order valence-electron chi connectivity index (χ4n) is 4.49. The number of aromatic hydroxyl groups is 1. The van der Waals surface area contributed by atoms with Crippen molar-refractivity contribution < 1.29 is 22.7 Å². The number of fused-ring (bicyclic) bond motifs is 1. The highest BCUT2D eigenvalue weighted by molar-refractivity contribution is 7.94. The van der Waals surface area contributed by atoms with Crippen LogP contribution in [0.3, 0.4) is 0 Å². The summed E-state index contributed by atoms with van der Waals surface area (Å²) in [7, 11) is -3.75. The predicted molar refractivity (Wildman–Crippen MR) is 131 cm³/mol. The predicted octanol–water partition coefficient (Wildman–Crippen LogP) is 5.29. The Morgan fingerprint density at radius 2 is 1.82 bits per heavy atom. The van der Waals surface area contributed by atoms with E-state index in [1.807, 2.05) is 13.8 Å². The van der Waals surface area contributed by atoms with Crippen LogP contribution in [-0.4, -0.2) is 19.3 Å². The molecular weight excluding hydrogens is 474 g/mol. The summed E-state index contributed by atoms with van der Waals surface area (Å²) < 4.78 is 33.7.